The van der Waals surface area contributed by atoms with Crippen molar-refractivity contribution >= 4 is 12.0 Å². The van der Waals surface area contributed by atoms with E-state index in [1.807, 2.05) is 12.3 Å². The Kier molecular flexibility index (Phi) is 4.48. The number of rotatable bonds is 5. The predicted octanol–water partition coefficient (Wildman–Crippen LogP) is 5.32. The van der Waals surface area contributed by atoms with Crippen LogP contribution in [0.3, 0.4) is 0 Å². The second-order valence-electron chi connectivity index (χ2n) is 8.74. The first kappa shape index (κ1) is 19.6. The van der Waals surface area contributed by atoms with E-state index in [0.717, 1.165) is 52.1 Å². The van der Waals surface area contributed by atoms with Gasteiger partial charge in [0.1, 0.15) is 12.0 Å². The molecule has 2 aromatic carbocycles. The van der Waals surface area contributed by atoms with Crippen molar-refractivity contribution in [1.82, 2.24) is 19.2 Å². The van der Waals surface area contributed by atoms with Gasteiger partial charge in [-0.2, -0.15) is 5.10 Å². The maximum absolute atomic E-state index is 7.39. The van der Waals surface area contributed by atoms with Crippen LogP contribution in [0.2, 0.25) is 0 Å². The van der Waals surface area contributed by atoms with E-state index in [4.69, 9.17) is 16.1 Å². The second-order valence-corrected chi connectivity index (χ2v) is 8.74. The Labute approximate surface area is 191 Å². The molecule has 1 aliphatic carbocycles. The Bertz CT molecular complexity index is 1460. The molecule has 3 aromatic heterocycles. The highest BCUT2D eigenvalue weighted by Crippen LogP contribution is 2.40. The molecule has 6 nitrogen and oxygen atoms in total. The van der Waals surface area contributed by atoms with Gasteiger partial charge >= 0.3 is 0 Å². The number of pyridine rings is 1. The van der Waals surface area contributed by atoms with E-state index < -0.39 is 0 Å². The SMILES string of the molecule is N=Cn1cc(-c2ccn3c(-c4ccccc4)c(-c4ccc(C5(N)CCC5)cc4)nc3c2)cn1. The van der Waals surface area contributed by atoms with Crippen LogP contribution in [-0.2, 0) is 5.54 Å². The lowest BCUT2D eigenvalue weighted by Crippen LogP contribution is -2.43. The molecule has 0 unspecified atom stereocenters. The van der Waals surface area contributed by atoms with Gasteiger partial charge in [-0.3, -0.25) is 9.81 Å². The largest absolute Gasteiger partial charge is 0.321 e. The van der Waals surface area contributed by atoms with Crippen LogP contribution in [-0.4, -0.2) is 25.5 Å². The molecule has 0 amide bonds. The molecule has 1 aliphatic rings. The summed E-state index contributed by atoms with van der Waals surface area (Å²) in [5, 5.41) is 11.6. The molecule has 162 valence electrons. The zero-order chi connectivity index (χ0) is 22.4. The minimum atomic E-state index is -0.171. The minimum Gasteiger partial charge on any atom is -0.321 e. The van der Waals surface area contributed by atoms with Gasteiger partial charge in [0.2, 0.25) is 0 Å². The van der Waals surface area contributed by atoms with Gasteiger partial charge in [0, 0.05) is 34.6 Å². The van der Waals surface area contributed by atoms with Crippen molar-refractivity contribution in [3.63, 3.8) is 0 Å². The lowest BCUT2D eigenvalue weighted by atomic mass is 9.72. The number of aromatic nitrogens is 4. The summed E-state index contributed by atoms with van der Waals surface area (Å²) in [6.07, 6.45) is 10.1. The van der Waals surface area contributed by atoms with Crippen molar-refractivity contribution in [2.75, 3.05) is 0 Å². The van der Waals surface area contributed by atoms with Crippen LogP contribution in [0, 0.1) is 5.41 Å². The van der Waals surface area contributed by atoms with E-state index in [2.05, 4.69) is 76.4 Å². The van der Waals surface area contributed by atoms with Gasteiger partial charge in [-0.05, 0) is 42.5 Å². The Morgan fingerprint density at radius 3 is 2.36 bits per heavy atom. The number of nitrogens with zero attached hydrogens (tertiary/aromatic N) is 4. The summed E-state index contributed by atoms with van der Waals surface area (Å²) in [6.45, 7) is 0. The average molecular weight is 433 g/mol. The molecule has 0 atom stereocenters. The highest BCUT2D eigenvalue weighted by atomic mass is 15.3. The maximum atomic E-state index is 7.39. The number of hydrogen-bond donors (Lipinski definition) is 2. The maximum Gasteiger partial charge on any atom is 0.138 e. The standard InChI is InChI=1S/C27H24N6/c28-18-32-17-22(16-30-32)21-11-14-33-24(15-21)31-25(26(33)20-5-2-1-3-6-20)19-7-9-23(10-8-19)27(29)12-4-13-27/h1-3,5-11,14-18,28H,4,12-13,29H2. The van der Waals surface area contributed by atoms with Crippen LogP contribution in [0.25, 0.3) is 39.3 Å². The smallest absolute Gasteiger partial charge is 0.138 e. The number of benzene rings is 2. The van der Waals surface area contributed by atoms with Gasteiger partial charge in [-0.15, -0.1) is 0 Å². The summed E-state index contributed by atoms with van der Waals surface area (Å²) in [6, 6.07) is 23.1. The molecule has 0 radical (unpaired) electrons. The van der Waals surface area contributed by atoms with Gasteiger partial charge in [0.25, 0.3) is 0 Å². The van der Waals surface area contributed by atoms with Crippen LogP contribution < -0.4 is 5.73 Å². The fourth-order valence-corrected chi connectivity index (χ4v) is 4.66. The first-order valence-electron chi connectivity index (χ1n) is 11.2. The predicted molar refractivity (Wildman–Crippen MR) is 131 cm³/mol. The van der Waals surface area contributed by atoms with E-state index >= 15 is 0 Å². The van der Waals surface area contributed by atoms with E-state index in [1.54, 1.807) is 6.20 Å². The number of imidazole rings is 1. The van der Waals surface area contributed by atoms with Gasteiger partial charge in [-0.1, -0.05) is 54.6 Å². The normalized spacial score (nSPS) is 14.8. The molecule has 6 rings (SSSR count). The topological polar surface area (TPSA) is 85.0 Å². The van der Waals surface area contributed by atoms with Crippen LogP contribution in [0.5, 0.6) is 0 Å². The van der Waals surface area contributed by atoms with Gasteiger partial charge in [-0.25, -0.2) is 9.67 Å². The molecule has 6 heteroatoms. The van der Waals surface area contributed by atoms with E-state index in [1.165, 1.54) is 23.0 Å². The van der Waals surface area contributed by atoms with Crippen molar-refractivity contribution < 1.29 is 0 Å². The highest BCUT2D eigenvalue weighted by molar-refractivity contribution is 5.83. The fraction of sp³-hybridized carbons (Fsp3) is 0.148. The Balaban J connectivity index is 1.50. The quantitative estimate of drug-likeness (QED) is 0.291. The average Bonchev–Trinajstić information content (AvgIpc) is 3.47. The summed E-state index contributed by atoms with van der Waals surface area (Å²) in [5.74, 6) is 0. The van der Waals surface area contributed by atoms with Gasteiger partial charge in [0.05, 0.1) is 17.6 Å². The Morgan fingerprint density at radius 1 is 0.909 bits per heavy atom. The molecular weight excluding hydrogens is 408 g/mol. The number of nitrogens with one attached hydrogen (secondary N) is 1. The summed E-state index contributed by atoms with van der Waals surface area (Å²) >= 11 is 0. The number of hydrogen-bond acceptors (Lipinski definition) is 4. The fourth-order valence-electron chi connectivity index (χ4n) is 4.66. The zero-order valence-electron chi connectivity index (χ0n) is 18.1. The molecule has 0 aliphatic heterocycles. The summed E-state index contributed by atoms with van der Waals surface area (Å²) < 4.78 is 3.62. The molecule has 0 spiro atoms. The third-order valence-corrected chi connectivity index (χ3v) is 6.72. The first-order chi connectivity index (χ1) is 16.1. The van der Waals surface area contributed by atoms with Crippen molar-refractivity contribution in [1.29, 1.82) is 5.41 Å². The van der Waals surface area contributed by atoms with Crippen LogP contribution >= 0.6 is 0 Å². The zero-order valence-corrected chi connectivity index (χ0v) is 18.1. The Morgan fingerprint density at radius 2 is 1.70 bits per heavy atom. The van der Waals surface area contributed by atoms with Gasteiger partial charge < -0.3 is 5.73 Å². The van der Waals surface area contributed by atoms with E-state index in [-0.39, 0.29) is 5.54 Å². The number of nitrogens with two attached hydrogens (primary N) is 1. The molecule has 0 bridgehead atoms. The lowest BCUT2D eigenvalue weighted by molar-refractivity contribution is 0.253. The molecule has 3 heterocycles. The molecular formula is C27H24N6. The summed E-state index contributed by atoms with van der Waals surface area (Å²) in [7, 11) is 0. The molecule has 1 fully saturated rings. The monoisotopic (exact) mass is 432 g/mol. The number of fused-ring (bicyclic) bond motifs is 1. The Hall–Kier alpha value is -4.03. The molecule has 5 aromatic rings. The third-order valence-electron chi connectivity index (χ3n) is 6.72. The van der Waals surface area contributed by atoms with Crippen molar-refractivity contribution in [2.45, 2.75) is 24.8 Å². The lowest BCUT2D eigenvalue weighted by Gasteiger charge is -2.38. The van der Waals surface area contributed by atoms with Crippen LogP contribution in [0.15, 0.2) is 85.3 Å². The molecule has 33 heavy (non-hydrogen) atoms. The minimum absolute atomic E-state index is 0.171. The highest BCUT2D eigenvalue weighted by Gasteiger charge is 2.34. The van der Waals surface area contributed by atoms with Crippen molar-refractivity contribution in [2.24, 2.45) is 5.73 Å². The van der Waals surface area contributed by atoms with E-state index in [0.29, 0.717) is 0 Å². The molecule has 1 saturated carbocycles. The van der Waals surface area contributed by atoms with Crippen molar-refractivity contribution in [3.05, 3.63) is 90.9 Å². The molecule has 3 N–H and O–H groups in total. The van der Waals surface area contributed by atoms with Crippen LogP contribution in [0.4, 0.5) is 0 Å². The summed E-state index contributed by atoms with van der Waals surface area (Å²) in [4.78, 5) is 5.06. The van der Waals surface area contributed by atoms with Crippen LogP contribution in [0.1, 0.15) is 24.8 Å². The molecule has 0 saturated heterocycles. The second kappa shape index (κ2) is 7.53. The first-order valence-corrected chi connectivity index (χ1v) is 11.2. The summed E-state index contributed by atoms with van der Waals surface area (Å²) in [5.41, 5.74) is 14.6. The van der Waals surface area contributed by atoms with Gasteiger partial charge in [0.15, 0.2) is 0 Å². The third kappa shape index (κ3) is 3.27. The van der Waals surface area contributed by atoms with Crippen molar-refractivity contribution in [3.8, 4) is 33.6 Å². The van der Waals surface area contributed by atoms with E-state index in [9.17, 15) is 0 Å².